The van der Waals surface area contributed by atoms with E-state index in [0.29, 0.717) is 6.04 Å². The van der Waals surface area contributed by atoms with Crippen LogP contribution in [-0.2, 0) is 13.5 Å². The number of halogens is 1. The fourth-order valence-corrected chi connectivity index (χ4v) is 3.18. The quantitative estimate of drug-likeness (QED) is 0.919. The van der Waals surface area contributed by atoms with Crippen molar-refractivity contribution < 1.29 is 0 Å². The van der Waals surface area contributed by atoms with Crippen molar-refractivity contribution in [2.45, 2.75) is 19.4 Å². The lowest BCUT2D eigenvalue weighted by molar-refractivity contribution is 0.570. The summed E-state index contributed by atoms with van der Waals surface area (Å²) in [7, 11) is 1.98. The smallest absolute Gasteiger partial charge is 0.0701 e. The Kier molecular flexibility index (Phi) is 4.36. The Bertz CT molecular complexity index is 478. The second-order valence-corrected chi connectivity index (χ2v) is 6.51. The summed E-state index contributed by atoms with van der Waals surface area (Å²) in [6, 6.07) is 6.73. The van der Waals surface area contributed by atoms with Crippen LogP contribution in [0.1, 0.15) is 23.5 Å². The minimum absolute atomic E-state index is 0.402. The predicted octanol–water partition coefficient (Wildman–Crippen LogP) is 3.14. The average Bonchev–Trinajstić information content (AvgIpc) is 2.88. The van der Waals surface area contributed by atoms with Gasteiger partial charge in [0.2, 0.25) is 0 Å². The molecule has 17 heavy (non-hydrogen) atoms. The van der Waals surface area contributed by atoms with E-state index in [1.807, 2.05) is 17.9 Å². The van der Waals surface area contributed by atoms with Gasteiger partial charge in [0.05, 0.1) is 3.79 Å². The molecule has 1 atom stereocenters. The molecule has 0 fully saturated rings. The largest absolute Gasteiger partial charge is 0.309 e. The number of aryl methyl sites for hydroxylation is 1. The summed E-state index contributed by atoms with van der Waals surface area (Å²) < 4.78 is 3.11. The van der Waals surface area contributed by atoms with Crippen LogP contribution in [0.15, 0.2) is 28.2 Å². The molecule has 0 aliphatic heterocycles. The van der Waals surface area contributed by atoms with E-state index in [1.165, 1.54) is 14.4 Å². The van der Waals surface area contributed by atoms with Gasteiger partial charge in [-0.15, -0.1) is 11.3 Å². The third kappa shape index (κ3) is 3.40. The zero-order valence-corrected chi connectivity index (χ0v) is 12.4. The normalized spacial score (nSPS) is 12.9. The fraction of sp³-hybridized carbons (Fsp3) is 0.417. The van der Waals surface area contributed by atoms with Crippen LogP contribution in [0, 0.1) is 0 Å². The first-order chi connectivity index (χ1) is 8.16. The lowest BCUT2D eigenvalue weighted by atomic mass is 10.2. The maximum atomic E-state index is 4.16. The van der Waals surface area contributed by atoms with Gasteiger partial charge in [-0.3, -0.25) is 4.68 Å². The zero-order chi connectivity index (χ0) is 12.3. The average molecular weight is 314 g/mol. The molecule has 1 unspecified atom stereocenters. The fourth-order valence-electron chi connectivity index (χ4n) is 1.72. The van der Waals surface area contributed by atoms with Crippen molar-refractivity contribution in [2.75, 3.05) is 6.54 Å². The third-order valence-electron chi connectivity index (χ3n) is 2.77. The zero-order valence-electron chi connectivity index (χ0n) is 9.98. The Morgan fingerprint density at radius 2 is 2.29 bits per heavy atom. The highest BCUT2D eigenvalue weighted by Gasteiger charge is 2.07. The Hall–Kier alpha value is -0.650. The van der Waals surface area contributed by atoms with E-state index in [9.17, 15) is 0 Å². The molecule has 2 aromatic rings. The molecule has 0 aliphatic carbocycles. The van der Waals surface area contributed by atoms with Gasteiger partial charge in [0.25, 0.3) is 0 Å². The van der Waals surface area contributed by atoms with Gasteiger partial charge in [0.1, 0.15) is 0 Å². The van der Waals surface area contributed by atoms with Crippen LogP contribution in [0.3, 0.4) is 0 Å². The van der Waals surface area contributed by atoms with Crippen molar-refractivity contribution in [3.05, 3.63) is 38.8 Å². The molecule has 0 aromatic carbocycles. The number of rotatable bonds is 5. The molecule has 3 nitrogen and oxygen atoms in total. The molecule has 2 aromatic heterocycles. The molecule has 2 rings (SSSR count). The van der Waals surface area contributed by atoms with E-state index in [1.54, 1.807) is 11.3 Å². The van der Waals surface area contributed by atoms with Crippen LogP contribution in [0.25, 0.3) is 0 Å². The summed E-state index contributed by atoms with van der Waals surface area (Å²) in [4.78, 5) is 1.36. The predicted molar refractivity (Wildman–Crippen MR) is 75.3 cm³/mol. The maximum Gasteiger partial charge on any atom is 0.0701 e. The summed E-state index contributed by atoms with van der Waals surface area (Å²) in [6.07, 6.45) is 2.85. The number of aromatic nitrogens is 2. The van der Waals surface area contributed by atoms with Gasteiger partial charge in [0, 0.05) is 42.8 Å². The SMILES string of the molecule is CC(NCCc1ccnn1C)c1ccc(Br)s1. The van der Waals surface area contributed by atoms with Crippen molar-refractivity contribution in [3.8, 4) is 0 Å². The maximum absolute atomic E-state index is 4.16. The van der Waals surface area contributed by atoms with Crippen LogP contribution >= 0.6 is 27.3 Å². The van der Waals surface area contributed by atoms with Gasteiger partial charge >= 0.3 is 0 Å². The lowest BCUT2D eigenvalue weighted by Crippen LogP contribution is -2.21. The lowest BCUT2D eigenvalue weighted by Gasteiger charge is -2.11. The number of hydrogen-bond acceptors (Lipinski definition) is 3. The molecule has 0 saturated carbocycles. The molecule has 0 amide bonds. The van der Waals surface area contributed by atoms with Crippen LogP contribution in [0.4, 0.5) is 0 Å². The summed E-state index contributed by atoms with van der Waals surface area (Å²) in [5, 5.41) is 7.69. The topological polar surface area (TPSA) is 29.9 Å². The Labute approximate surface area is 114 Å². The standard InChI is InChI=1S/C12H16BrN3S/c1-9(11-3-4-12(13)17-11)14-7-5-10-6-8-15-16(10)2/h3-4,6,8-9,14H,5,7H2,1-2H3. The van der Waals surface area contributed by atoms with E-state index >= 15 is 0 Å². The van der Waals surface area contributed by atoms with Gasteiger partial charge in [0.15, 0.2) is 0 Å². The second-order valence-electron chi connectivity index (χ2n) is 4.01. The molecule has 1 N–H and O–H groups in total. The Morgan fingerprint density at radius 1 is 1.47 bits per heavy atom. The summed E-state index contributed by atoms with van der Waals surface area (Å²) in [6.45, 7) is 3.16. The molecule has 0 bridgehead atoms. The monoisotopic (exact) mass is 313 g/mol. The van der Waals surface area contributed by atoms with E-state index in [4.69, 9.17) is 0 Å². The number of hydrogen-bond donors (Lipinski definition) is 1. The van der Waals surface area contributed by atoms with Crippen molar-refractivity contribution in [2.24, 2.45) is 7.05 Å². The summed E-state index contributed by atoms with van der Waals surface area (Å²) in [5.74, 6) is 0. The minimum atomic E-state index is 0.402. The molecule has 0 spiro atoms. The highest BCUT2D eigenvalue weighted by Crippen LogP contribution is 2.26. The molecule has 0 saturated heterocycles. The van der Waals surface area contributed by atoms with Gasteiger partial charge in [-0.05, 0) is 41.1 Å². The van der Waals surface area contributed by atoms with Crippen molar-refractivity contribution >= 4 is 27.3 Å². The molecule has 5 heteroatoms. The number of nitrogens with one attached hydrogen (secondary N) is 1. The molecular formula is C12H16BrN3S. The van der Waals surface area contributed by atoms with Crippen LogP contribution < -0.4 is 5.32 Å². The van der Waals surface area contributed by atoms with E-state index in [-0.39, 0.29) is 0 Å². The van der Waals surface area contributed by atoms with Crippen LogP contribution in [0.5, 0.6) is 0 Å². The van der Waals surface area contributed by atoms with Gasteiger partial charge in [-0.1, -0.05) is 0 Å². The number of nitrogens with zero attached hydrogens (tertiary/aromatic N) is 2. The highest BCUT2D eigenvalue weighted by molar-refractivity contribution is 9.11. The van der Waals surface area contributed by atoms with Crippen molar-refractivity contribution in [1.82, 2.24) is 15.1 Å². The molecule has 2 heterocycles. The van der Waals surface area contributed by atoms with E-state index in [0.717, 1.165) is 13.0 Å². The minimum Gasteiger partial charge on any atom is -0.309 e. The summed E-state index contributed by atoms with van der Waals surface area (Å²) >= 11 is 5.27. The van der Waals surface area contributed by atoms with Crippen molar-refractivity contribution in [3.63, 3.8) is 0 Å². The first kappa shape index (κ1) is 12.8. The second kappa shape index (κ2) is 5.80. The molecular weight excluding hydrogens is 298 g/mol. The van der Waals surface area contributed by atoms with Gasteiger partial charge < -0.3 is 5.32 Å². The van der Waals surface area contributed by atoms with Crippen LogP contribution in [0.2, 0.25) is 0 Å². The Balaban J connectivity index is 1.81. The molecule has 92 valence electrons. The van der Waals surface area contributed by atoms with Gasteiger partial charge in [-0.25, -0.2) is 0 Å². The van der Waals surface area contributed by atoms with E-state index < -0.39 is 0 Å². The summed E-state index contributed by atoms with van der Waals surface area (Å²) in [5.41, 5.74) is 1.26. The molecule has 0 aliphatic rings. The Morgan fingerprint density at radius 3 is 2.88 bits per heavy atom. The van der Waals surface area contributed by atoms with Crippen LogP contribution in [-0.4, -0.2) is 16.3 Å². The number of thiophene rings is 1. The third-order valence-corrected chi connectivity index (χ3v) is 4.58. The molecule has 0 radical (unpaired) electrons. The first-order valence-corrected chi connectivity index (χ1v) is 7.23. The van der Waals surface area contributed by atoms with Crippen molar-refractivity contribution in [1.29, 1.82) is 0 Å². The van der Waals surface area contributed by atoms with E-state index in [2.05, 4.69) is 51.5 Å². The highest BCUT2D eigenvalue weighted by atomic mass is 79.9. The van der Waals surface area contributed by atoms with Gasteiger partial charge in [-0.2, -0.15) is 5.10 Å². The first-order valence-electron chi connectivity index (χ1n) is 5.62.